The number of carbonyl (C=O) groups excluding carboxylic acids is 2. The predicted molar refractivity (Wildman–Crippen MR) is 121 cm³/mol. The Morgan fingerprint density at radius 2 is 1.71 bits per heavy atom. The molecule has 31 heavy (non-hydrogen) atoms. The quantitative estimate of drug-likeness (QED) is 0.787. The van der Waals surface area contributed by atoms with E-state index >= 15 is 0 Å². The zero-order chi connectivity index (χ0) is 21.8. The number of hydrogen-bond acceptors (Lipinski definition) is 3. The molecule has 6 nitrogen and oxygen atoms in total. The highest BCUT2D eigenvalue weighted by Gasteiger charge is 2.34. The van der Waals surface area contributed by atoms with Crippen molar-refractivity contribution in [2.75, 3.05) is 13.1 Å². The second-order valence-electron chi connectivity index (χ2n) is 9.18. The Hall–Kier alpha value is -2.63. The van der Waals surface area contributed by atoms with Gasteiger partial charge < -0.3 is 9.80 Å². The molecule has 2 aromatic rings. The summed E-state index contributed by atoms with van der Waals surface area (Å²) in [7, 11) is 0. The summed E-state index contributed by atoms with van der Waals surface area (Å²) < 4.78 is 0. The fourth-order valence-electron chi connectivity index (χ4n) is 5.21. The Balaban J connectivity index is 1.35. The third-order valence-corrected chi connectivity index (χ3v) is 7.05. The number of amides is 2. The summed E-state index contributed by atoms with van der Waals surface area (Å²) in [5, 5.41) is 7.34. The smallest absolute Gasteiger partial charge is 0.257 e. The van der Waals surface area contributed by atoms with Crippen LogP contribution in [0.25, 0.3) is 0 Å². The van der Waals surface area contributed by atoms with Gasteiger partial charge >= 0.3 is 0 Å². The Morgan fingerprint density at radius 3 is 2.39 bits per heavy atom. The van der Waals surface area contributed by atoms with Crippen LogP contribution in [-0.4, -0.2) is 57.0 Å². The van der Waals surface area contributed by atoms with Crippen molar-refractivity contribution < 1.29 is 9.59 Å². The zero-order valence-corrected chi connectivity index (χ0v) is 18.7. The average Bonchev–Trinajstić information content (AvgIpc) is 3.28. The number of aromatic amines is 1. The van der Waals surface area contributed by atoms with E-state index in [1.165, 1.54) is 12.0 Å². The second-order valence-corrected chi connectivity index (χ2v) is 9.18. The molecule has 166 valence electrons. The van der Waals surface area contributed by atoms with E-state index in [1.807, 2.05) is 28.0 Å². The maximum atomic E-state index is 13.3. The molecule has 0 radical (unpaired) electrons. The first kappa shape index (κ1) is 21.6. The zero-order valence-electron chi connectivity index (χ0n) is 18.7. The average molecular weight is 423 g/mol. The molecular weight excluding hydrogens is 388 g/mol. The van der Waals surface area contributed by atoms with Crippen LogP contribution in [0.1, 0.15) is 79.9 Å². The van der Waals surface area contributed by atoms with E-state index < -0.39 is 0 Å². The number of rotatable bonds is 5. The number of hydrogen-bond donors (Lipinski definition) is 1. The molecule has 0 spiro atoms. The van der Waals surface area contributed by atoms with E-state index in [0.29, 0.717) is 6.42 Å². The topological polar surface area (TPSA) is 69.3 Å². The van der Waals surface area contributed by atoms with Gasteiger partial charge in [-0.2, -0.15) is 5.10 Å². The van der Waals surface area contributed by atoms with Crippen LogP contribution in [-0.2, 0) is 11.2 Å². The first-order chi connectivity index (χ1) is 15.0. The largest absolute Gasteiger partial charge is 0.343 e. The van der Waals surface area contributed by atoms with E-state index in [4.69, 9.17) is 0 Å². The van der Waals surface area contributed by atoms with Gasteiger partial charge in [0.2, 0.25) is 5.91 Å². The summed E-state index contributed by atoms with van der Waals surface area (Å²) in [5.74, 6) is 0.569. The highest BCUT2D eigenvalue weighted by Crippen LogP contribution is 2.32. The fraction of sp³-hybridized carbons (Fsp3) is 0.560. The Kier molecular flexibility index (Phi) is 6.73. The molecule has 1 aromatic carbocycles. The molecule has 2 atom stereocenters. The molecule has 1 aromatic heterocycles. The SMILES string of the molecule is C[C@H]1CCC[C@H](C)N1C(=O)c1cn[nH]c1C1CCN(C(=O)CCc2ccccc2)CC1. The van der Waals surface area contributed by atoms with Crippen LogP contribution >= 0.6 is 0 Å². The van der Waals surface area contributed by atoms with Crippen LogP contribution in [0.2, 0.25) is 0 Å². The predicted octanol–water partition coefficient (Wildman–Crippen LogP) is 4.15. The van der Waals surface area contributed by atoms with Gasteiger partial charge in [0, 0.05) is 37.5 Å². The number of nitrogens with one attached hydrogen (secondary N) is 1. The summed E-state index contributed by atoms with van der Waals surface area (Å²) in [6.45, 7) is 5.77. The summed E-state index contributed by atoms with van der Waals surface area (Å²) in [6, 6.07) is 10.7. The van der Waals surface area contributed by atoms with Crippen LogP contribution in [0.4, 0.5) is 0 Å². The highest BCUT2D eigenvalue weighted by atomic mass is 16.2. The molecule has 2 aliphatic rings. The van der Waals surface area contributed by atoms with Crippen molar-refractivity contribution in [3.63, 3.8) is 0 Å². The van der Waals surface area contributed by atoms with Gasteiger partial charge in [-0.1, -0.05) is 30.3 Å². The summed E-state index contributed by atoms with van der Waals surface area (Å²) >= 11 is 0. The third kappa shape index (κ3) is 4.83. The number of nitrogens with zero attached hydrogens (tertiary/aromatic N) is 3. The summed E-state index contributed by atoms with van der Waals surface area (Å²) in [4.78, 5) is 30.0. The number of benzene rings is 1. The molecule has 2 aliphatic heterocycles. The lowest BCUT2D eigenvalue weighted by Gasteiger charge is -2.39. The van der Waals surface area contributed by atoms with Gasteiger partial charge in [-0.05, 0) is 57.9 Å². The van der Waals surface area contributed by atoms with E-state index in [2.05, 4.69) is 36.2 Å². The number of likely N-dealkylation sites (tertiary alicyclic amines) is 2. The molecule has 0 unspecified atom stereocenters. The molecule has 0 saturated carbocycles. The summed E-state index contributed by atoms with van der Waals surface area (Å²) in [6.07, 6.45) is 8.07. The molecule has 2 saturated heterocycles. The van der Waals surface area contributed by atoms with Crippen molar-refractivity contribution in [1.29, 1.82) is 0 Å². The lowest BCUT2D eigenvalue weighted by Crippen LogP contribution is -2.47. The molecule has 0 aliphatic carbocycles. The number of carbonyl (C=O) groups is 2. The van der Waals surface area contributed by atoms with Crippen molar-refractivity contribution in [1.82, 2.24) is 20.0 Å². The van der Waals surface area contributed by atoms with Gasteiger partial charge in [0.15, 0.2) is 0 Å². The fourth-order valence-corrected chi connectivity index (χ4v) is 5.21. The Bertz CT molecular complexity index is 876. The van der Waals surface area contributed by atoms with Gasteiger partial charge in [0.1, 0.15) is 0 Å². The van der Waals surface area contributed by atoms with Gasteiger partial charge in [-0.3, -0.25) is 14.7 Å². The van der Waals surface area contributed by atoms with Gasteiger partial charge in [0.05, 0.1) is 17.5 Å². The normalized spacial score (nSPS) is 22.5. The Morgan fingerprint density at radius 1 is 1.03 bits per heavy atom. The maximum absolute atomic E-state index is 13.3. The van der Waals surface area contributed by atoms with E-state index in [1.54, 1.807) is 6.20 Å². The minimum Gasteiger partial charge on any atom is -0.343 e. The highest BCUT2D eigenvalue weighted by molar-refractivity contribution is 5.95. The number of piperidine rings is 2. The van der Waals surface area contributed by atoms with E-state index in [0.717, 1.165) is 56.5 Å². The number of aryl methyl sites for hydroxylation is 1. The second kappa shape index (κ2) is 9.67. The van der Waals surface area contributed by atoms with E-state index in [-0.39, 0.29) is 29.8 Å². The standard InChI is InChI=1S/C25H34N4O2/c1-18-7-6-8-19(2)29(18)25(31)22-17-26-27-24(22)21-13-15-28(16-14-21)23(30)12-11-20-9-4-3-5-10-20/h3-5,9-10,17-19,21H,6-8,11-16H2,1-2H3,(H,26,27)/t18-,19-/m0/s1. The number of aromatic nitrogens is 2. The molecule has 2 fully saturated rings. The summed E-state index contributed by atoms with van der Waals surface area (Å²) in [5.41, 5.74) is 2.87. The molecule has 1 N–H and O–H groups in total. The monoisotopic (exact) mass is 422 g/mol. The Labute approximate surface area is 185 Å². The minimum atomic E-state index is 0.102. The van der Waals surface area contributed by atoms with Crippen molar-refractivity contribution in [2.45, 2.75) is 76.8 Å². The molecule has 6 heteroatoms. The van der Waals surface area contributed by atoms with Crippen molar-refractivity contribution >= 4 is 11.8 Å². The van der Waals surface area contributed by atoms with Gasteiger partial charge in [-0.15, -0.1) is 0 Å². The van der Waals surface area contributed by atoms with Crippen LogP contribution in [0.15, 0.2) is 36.5 Å². The minimum absolute atomic E-state index is 0.102. The lowest BCUT2D eigenvalue weighted by atomic mass is 9.90. The maximum Gasteiger partial charge on any atom is 0.257 e. The van der Waals surface area contributed by atoms with E-state index in [9.17, 15) is 9.59 Å². The molecule has 4 rings (SSSR count). The van der Waals surface area contributed by atoms with Crippen molar-refractivity contribution in [3.05, 3.63) is 53.3 Å². The molecule has 2 amide bonds. The number of H-pyrrole nitrogens is 1. The first-order valence-corrected chi connectivity index (χ1v) is 11.7. The lowest BCUT2D eigenvalue weighted by molar-refractivity contribution is -0.132. The third-order valence-electron chi connectivity index (χ3n) is 7.05. The van der Waals surface area contributed by atoms with Gasteiger partial charge in [-0.25, -0.2) is 0 Å². The van der Waals surface area contributed by atoms with Crippen LogP contribution in [0.5, 0.6) is 0 Å². The van der Waals surface area contributed by atoms with Crippen LogP contribution in [0, 0.1) is 0 Å². The van der Waals surface area contributed by atoms with Crippen LogP contribution in [0.3, 0.4) is 0 Å². The molecule has 0 bridgehead atoms. The molecular formula is C25H34N4O2. The van der Waals surface area contributed by atoms with Gasteiger partial charge in [0.25, 0.3) is 5.91 Å². The molecule has 3 heterocycles. The van der Waals surface area contributed by atoms with Crippen LogP contribution < -0.4 is 0 Å². The first-order valence-electron chi connectivity index (χ1n) is 11.7. The van der Waals surface area contributed by atoms with Crippen molar-refractivity contribution in [2.24, 2.45) is 0 Å². The van der Waals surface area contributed by atoms with Crippen molar-refractivity contribution in [3.8, 4) is 0 Å².